The highest BCUT2D eigenvalue weighted by atomic mass is 16.6. The van der Waals surface area contributed by atoms with E-state index in [1.165, 1.54) is 13.3 Å². The minimum absolute atomic E-state index is 0.189. The second kappa shape index (κ2) is 6.96. The molecule has 1 aromatic rings. The quantitative estimate of drug-likeness (QED) is 0.510. The average Bonchev–Trinajstić information content (AvgIpc) is 2.76. The van der Waals surface area contributed by atoms with Gasteiger partial charge in [-0.05, 0) is 0 Å². The van der Waals surface area contributed by atoms with E-state index < -0.39 is 42.4 Å². The maximum Gasteiger partial charge on any atom is 0.330 e. The first-order valence-electron chi connectivity index (χ1n) is 6.45. The summed E-state index contributed by atoms with van der Waals surface area (Å²) in [7, 11) is 1.51. The lowest BCUT2D eigenvalue weighted by molar-refractivity contribution is -0.0819. The van der Waals surface area contributed by atoms with Gasteiger partial charge in [-0.25, -0.2) is 4.79 Å². The van der Waals surface area contributed by atoms with E-state index in [-0.39, 0.29) is 6.61 Å². The number of nitrogens with zero attached hydrogens (tertiary/aromatic N) is 1. The van der Waals surface area contributed by atoms with Crippen molar-refractivity contribution in [1.29, 1.82) is 0 Å². The Morgan fingerprint density at radius 1 is 1.43 bits per heavy atom. The zero-order valence-corrected chi connectivity index (χ0v) is 11.5. The number of hydrogen-bond donors (Lipinski definition) is 3. The summed E-state index contributed by atoms with van der Waals surface area (Å²) in [6, 6.07) is 1.16. The van der Waals surface area contributed by atoms with Gasteiger partial charge in [0.1, 0.15) is 18.3 Å². The van der Waals surface area contributed by atoms with Crippen molar-refractivity contribution in [2.45, 2.75) is 24.5 Å². The molecule has 0 saturated carbocycles. The van der Waals surface area contributed by atoms with Crippen molar-refractivity contribution in [3.63, 3.8) is 0 Å². The van der Waals surface area contributed by atoms with Crippen molar-refractivity contribution < 1.29 is 24.4 Å². The van der Waals surface area contributed by atoms with E-state index in [1.54, 1.807) is 0 Å². The number of H-pyrrole nitrogens is 1. The Labute approximate surface area is 119 Å². The van der Waals surface area contributed by atoms with Gasteiger partial charge < -0.3 is 24.4 Å². The van der Waals surface area contributed by atoms with Crippen LogP contribution in [0.25, 0.3) is 0 Å². The smallest absolute Gasteiger partial charge is 0.330 e. The maximum atomic E-state index is 11.8. The summed E-state index contributed by atoms with van der Waals surface area (Å²) in [4.78, 5) is 25.0. The molecular formula is C12H18N2O7. The van der Waals surface area contributed by atoms with Gasteiger partial charge in [-0.3, -0.25) is 14.3 Å². The van der Waals surface area contributed by atoms with Crippen LogP contribution in [0, 0.1) is 0 Å². The summed E-state index contributed by atoms with van der Waals surface area (Å²) in [6.07, 6.45) is -2.53. The number of methoxy groups -OCH3 is 1. The van der Waals surface area contributed by atoms with E-state index in [4.69, 9.17) is 14.2 Å². The predicted octanol–water partition coefficient (Wildman–Crippen LogP) is -2.18. The van der Waals surface area contributed by atoms with Crippen LogP contribution >= 0.6 is 0 Å². The summed E-state index contributed by atoms with van der Waals surface area (Å²) < 4.78 is 16.9. The molecule has 1 aliphatic heterocycles. The number of aliphatic hydroxyl groups is 2. The molecule has 3 N–H and O–H groups in total. The molecule has 1 aromatic heterocycles. The van der Waals surface area contributed by atoms with Crippen LogP contribution in [0.4, 0.5) is 0 Å². The number of nitrogens with one attached hydrogen (secondary N) is 1. The van der Waals surface area contributed by atoms with Gasteiger partial charge in [-0.1, -0.05) is 0 Å². The minimum Gasteiger partial charge on any atom is -0.394 e. The van der Waals surface area contributed by atoms with Gasteiger partial charge >= 0.3 is 5.69 Å². The lowest BCUT2D eigenvalue weighted by Crippen LogP contribution is -2.39. The highest BCUT2D eigenvalue weighted by Gasteiger charge is 2.45. The molecule has 1 aliphatic rings. The third-order valence-electron chi connectivity index (χ3n) is 3.22. The first-order valence-corrected chi connectivity index (χ1v) is 6.45. The highest BCUT2D eigenvalue weighted by molar-refractivity contribution is 4.93. The molecule has 118 valence electrons. The van der Waals surface area contributed by atoms with Gasteiger partial charge in [0.2, 0.25) is 0 Å². The van der Waals surface area contributed by atoms with Crippen LogP contribution in [-0.2, 0) is 14.2 Å². The van der Waals surface area contributed by atoms with Crippen molar-refractivity contribution in [1.82, 2.24) is 9.55 Å². The molecule has 0 radical (unpaired) electrons. The molecule has 0 aromatic carbocycles. The number of aromatic amines is 1. The van der Waals surface area contributed by atoms with Gasteiger partial charge in [0.05, 0.1) is 19.8 Å². The van der Waals surface area contributed by atoms with Gasteiger partial charge in [-0.2, -0.15) is 0 Å². The van der Waals surface area contributed by atoms with E-state index >= 15 is 0 Å². The standard InChI is InChI=1S/C12H18N2O7/c1-19-4-5-20-10-9(17)7(6-15)21-11(10)14-3-2-8(16)13-12(14)18/h2-3,7,9-11,15,17H,4-6H2,1H3,(H,13,16,18)/t7-,9-,10+,11+/m1/s1. The number of aromatic nitrogens is 2. The third kappa shape index (κ3) is 3.39. The fourth-order valence-corrected chi connectivity index (χ4v) is 2.17. The van der Waals surface area contributed by atoms with E-state index in [0.717, 1.165) is 10.6 Å². The Morgan fingerprint density at radius 2 is 2.19 bits per heavy atom. The van der Waals surface area contributed by atoms with E-state index in [1.807, 2.05) is 0 Å². The zero-order valence-electron chi connectivity index (χ0n) is 11.5. The van der Waals surface area contributed by atoms with Crippen molar-refractivity contribution in [3.05, 3.63) is 33.1 Å². The molecule has 2 heterocycles. The SMILES string of the molecule is COCCO[C@H]1[C@H](O)[C@@H](CO)O[C@@H]1n1ccc(=O)[nH]c1=O. The van der Waals surface area contributed by atoms with Crippen LogP contribution < -0.4 is 11.2 Å². The molecule has 2 rings (SSSR count). The second-order valence-corrected chi connectivity index (χ2v) is 4.58. The van der Waals surface area contributed by atoms with E-state index in [9.17, 15) is 19.8 Å². The predicted molar refractivity (Wildman–Crippen MR) is 69.9 cm³/mol. The number of aliphatic hydroxyl groups excluding tert-OH is 2. The molecule has 9 nitrogen and oxygen atoms in total. The average molecular weight is 302 g/mol. The fraction of sp³-hybridized carbons (Fsp3) is 0.667. The maximum absolute atomic E-state index is 11.8. The van der Waals surface area contributed by atoms with Crippen LogP contribution in [0.5, 0.6) is 0 Å². The van der Waals surface area contributed by atoms with Crippen LogP contribution in [0.1, 0.15) is 6.23 Å². The van der Waals surface area contributed by atoms with Crippen LogP contribution in [0.2, 0.25) is 0 Å². The van der Waals surface area contributed by atoms with E-state index in [2.05, 4.69) is 4.98 Å². The Hall–Kier alpha value is -1.52. The zero-order chi connectivity index (χ0) is 15.4. The van der Waals surface area contributed by atoms with Gasteiger partial charge in [0.15, 0.2) is 6.23 Å². The van der Waals surface area contributed by atoms with Crippen molar-refractivity contribution in [2.24, 2.45) is 0 Å². The topological polar surface area (TPSA) is 123 Å². The van der Waals surface area contributed by atoms with Crippen molar-refractivity contribution in [2.75, 3.05) is 26.9 Å². The van der Waals surface area contributed by atoms with Crippen LogP contribution in [0.3, 0.4) is 0 Å². The second-order valence-electron chi connectivity index (χ2n) is 4.58. The van der Waals surface area contributed by atoms with Gasteiger partial charge in [0, 0.05) is 19.4 Å². The Kier molecular flexibility index (Phi) is 5.26. The molecule has 0 spiro atoms. The number of rotatable bonds is 6. The fourth-order valence-electron chi connectivity index (χ4n) is 2.17. The number of ether oxygens (including phenoxy) is 3. The number of hydrogen-bond acceptors (Lipinski definition) is 7. The molecule has 0 aliphatic carbocycles. The molecule has 21 heavy (non-hydrogen) atoms. The third-order valence-corrected chi connectivity index (χ3v) is 3.22. The lowest BCUT2D eigenvalue weighted by Gasteiger charge is -2.22. The highest BCUT2D eigenvalue weighted by Crippen LogP contribution is 2.30. The van der Waals surface area contributed by atoms with Crippen LogP contribution in [-0.4, -0.2) is 65.0 Å². The summed E-state index contributed by atoms with van der Waals surface area (Å²) >= 11 is 0. The normalized spacial score (nSPS) is 28.9. The molecule has 0 bridgehead atoms. The Morgan fingerprint density at radius 3 is 2.81 bits per heavy atom. The largest absolute Gasteiger partial charge is 0.394 e. The monoisotopic (exact) mass is 302 g/mol. The van der Waals surface area contributed by atoms with Gasteiger partial charge in [-0.15, -0.1) is 0 Å². The van der Waals surface area contributed by atoms with Crippen LogP contribution in [0.15, 0.2) is 21.9 Å². The van der Waals surface area contributed by atoms with Crippen molar-refractivity contribution in [3.8, 4) is 0 Å². The minimum atomic E-state index is -1.10. The van der Waals surface area contributed by atoms with Crippen molar-refractivity contribution >= 4 is 0 Å². The molecule has 1 fully saturated rings. The molecule has 4 atom stereocenters. The summed E-state index contributed by atoms with van der Waals surface area (Å²) in [5.74, 6) is 0. The lowest BCUT2D eigenvalue weighted by atomic mass is 10.1. The van der Waals surface area contributed by atoms with Gasteiger partial charge in [0.25, 0.3) is 5.56 Å². The van der Waals surface area contributed by atoms with E-state index in [0.29, 0.717) is 6.61 Å². The Bertz CT molecular complexity index is 569. The molecular weight excluding hydrogens is 284 g/mol. The molecule has 0 unspecified atom stereocenters. The summed E-state index contributed by atoms with van der Waals surface area (Å²) in [6.45, 7) is 0.0779. The molecule has 0 amide bonds. The Balaban J connectivity index is 2.25. The summed E-state index contributed by atoms with van der Waals surface area (Å²) in [5.41, 5.74) is -1.22. The first-order chi connectivity index (χ1) is 10.1. The molecule has 9 heteroatoms. The first kappa shape index (κ1) is 15.9. The molecule has 1 saturated heterocycles. The summed E-state index contributed by atoms with van der Waals surface area (Å²) in [5, 5.41) is 19.3.